The molecule has 0 saturated heterocycles. The van der Waals surface area contributed by atoms with Crippen molar-refractivity contribution >= 4 is 17.9 Å². The van der Waals surface area contributed by atoms with Gasteiger partial charge in [0, 0.05) is 19.3 Å². The Morgan fingerprint density at radius 3 is 0.725 bits per heavy atom. The molecule has 0 amide bonds. The molecular weight excluding hydrogens is 853 g/mol. The third-order valence-corrected chi connectivity index (χ3v) is 14.3. The summed E-state index contributed by atoms with van der Waals surface area (Å²) in [5.74, 6) is -0.846. The first kappa shape index (κ1) is 67.1. The maximum absolute atomic E-state index is 12.8. The highest BCUT2D eigenvalue weighted by molar-refractivity contribution is 5.71. The van der Waals surface area contributed by atoms with Gasteiger partial charge in [0.2, 0.25) is 0 Å². The topological polar surface area (TPSA) is 78.9 Å². The summed E-state index contributed by atoms with van der Waals surface area (Å²) in [4.78, 5) is 38.0. The summed E-state index contributed by atoms with van der Waals surface area (Å²) in [6.07, 6.45) is 68.2. The zero-order valence-corrected chi connectivity index (χ0v) is 46.9. The quantitative estimate of drug-likeness (QED) is 0.0261. The molecule has 0 fully saturated rings. The van der Waals surface area contributed by atoms with Gasteiger partial charge >= 0.3 is 17.9 Å². The van der Waals surface area contributed by atoms with E-state index >= 15 is 0 Å². The molecule has 6 nitrogen and oxygen atoms in total. The van der Waals surface area contributed by atoms with Gasteiger partial charge in [0.05, 0.1) is 0 Å². The highest BCUT2D eigenvalue weighted by atomic mass is 16.6. The molecule has 69 heavy (non-hydrogen) atoms. The van der Waals surface area contributed by atoms with Crippen molar-refractivity contribution in [2.24, 2.45) is 0 Å². The number of hydrogen-bond donors (Lipinski definition) is 0. The number of carbonyl (C=O) groups is 3. The zero-order valence-electron chi connectivity index (χ0n) is 46.9. The molecule has 0 aliphatic rings. The largest absolute Gasteiger partial charge is 0.462 e. The summed E-state index contributed by atoms with van der Waals surface area (Å²) < 4.78 is 16.8. The lowest BCUT2D eigenvalue weighted by atomic mass is 10.0. The molecule has 0 radical (unpaired) electrons. The summed E-state index contributed by atoms with van der Waals surface area (Å²) in [5, 5.41) is 0. The molecular formula is C63H120O6. The molecule has 0 N–H and O–H groups in total. The highest BCUT2D eigenvalue weighted by Crippen LogP contribution is 2.18. The lowest BCUT2D eigenvalue weighted by Gasteiger charge is -2.18. The van der Waals surface area contributed by atoms with Crippen molar-refractivity contribution in [1.29, 1.82) is 0 Å². The van der Waals surface area contributed by atoms with E-state index in [1.165, 1.54) is 257 Å². The average molecular weight is 974 g/mol. The van der Waals surface area contributed by atoms with Crippen LogP contribution in [-0.2, 0) is 28.6 Å². The first-order valence-electron chi connectivity index (χ1n) is 31.2. The van der Waals surface area contributed by atoms with Crippen LogP contribution in [0.1, 0.15) is 355 Å². The third kappa shape index (κ3) is 56.9. The summed E-state index contributed by atoms with van der Waals surface area (Å²) in [6, 6.07) is 0. The fourth-order valence-electron chi connectivity index (χ4n) is 9.56. The second kappa shape index (κ2) is 58.7. The predicted molar refractivity (Wildman–Crippen MR) is 298 cm³/mol. The maximum atomic E-state index is 12.8. The Hall–Kier alpha value is -1.85. The van der Waals surface area contributed by atoms with Crippen molar-refractivity contribution < 1.29 is 28.6 Å². The van der Waals surface area contributed by atoms with Crippen LogP contribution in [-0.4, -0.2) is 37.2 Å². The van der Waals surface area contributed by atoms with Crippen LogP contribution in [0, 0.1) is 0 Å². The number of allylic oxidation sites excluding steroid dienone is 2. The highest BCUT2D eigenvalue weighted by Gasteiger charge is 2.19. The number of carbonyl (C=O) groups excluding carboxylic acids is 3. The Balaban J connectivity index is 3.99. The van der Waals surface area contributed by atoms with Crippen LogP contribution in [0.3, 0.4) is 0 Å². The van der Waals surface area contributed by atoms with Crippen molar-refractivity contribution in [2.75, 3.05) is 13.2 Å². The molecule has 0 aromatic heterocycles. The minimum atomic E-state index is -0.762. The predicted octanol–water partition coefficient (Wildman–Crippen LogP) is 20.9. The number of ether oxygens (including phenoxy) is 3. The summed E-state index contributed by atoms with van der Waals surface area (Å²) in [7, 11) is 0. The minimum Gasteiger partial charge on any atom is -0.462 e. The smallest absolute Gasteiger partial charge is 0.306 e. The Kier molecular flexibility index (Phi) is 57.1. The summed E-state index contributed by atoms with van der Waals surface area (Å²) in [6.45, 7) is 6.66. The second-order valence-corrected chi connectivity index (χ2v) is 21.3. The molecule has 0 aliphatic heterocycles. The van der Waals surface area contributed by atoms with Crippen LogP contribution in [0.15, 0.2) is 12.2 Å². The molecule has 0 saturated carbocycles. The lowest BCUT2D eigenvalue weighted by molar-refractivity contribution is -0.167. The zero-order chi connectivity index (χ0) is 50.0. The van der Waals surface area contributed by atoms with Gasteiger partial charge in [-0.2, -0.15) is 0 Å². The first-order chi connectivity index (χ1) is 34.0. The van der Waals surface area contributed by atoms with E-state index in [1.54, 1.807) is 0 Å². The molecule has 0 aromatic carbocycles. The normalized spacial score (nSPS) is 12.0. The number of unbranched alkanes of at least 4 members (excludes halogenated alkanes) is 45. The molecule has 0 heterocycles. The molecule has 1 unspecified atom stereocenters. The van der Waals surface area contributed by atoms with Gasteiger partial charge in [-0.1, -0.05) is 303 Å². The van der Waals surface area contributed by atoms with Gasteiger partial charge in [0.25, 0.3) is 0 Å². The van der Waals surface area contributed by atoms with Crippen LogP contribution in [0.5, 0.6) is 0 Å². The van der Waals surface area contributed by atoms with E-state index in [4.69, 9.17) is 14.2 Å². The van der Waals surface area contributed by atoms with E-state index in [2.05, 4.69) is 32.9 Å². The van der Waals surface area contributed by atoms with E-state index in [0.717, 1.165) is 57.8 Å². The third-order valence-electron chi connectivity index (χ3n) is 14.3. The molecule has 0 aliphatic carbocycles. The van der Waals surface area contributed by atoms with Gasteiger partial charge in [-0.15, -0.1) is 0 Å². The van der Waals surface area contributed by atoms with Crippen molar-refractivity contribution in [3.05, 3.63) is 12.2 Å². The Labute approximate surface area is 431 Å². The van der Waals surface area contributed by atoms with E-state index < -0.39 is 6.10 Å². The average Bonchev–Trinajstić information content (AvgIpc) is 3.35. The van der Waals surface area contributed by atoms with Crippen molar-refractivity contribution in [3.63, 3.8) is 0 Å². The molecule has 0 aromatic rings. The van der Waals surface area contributed by atoms with Gasteiger partial charge in [-0.3, -0.25) is 14.4 Å². The summed E-state index contributed by atoms with van der Waals surface area (Å²) >= 11 is 0. The molecule has 0 bridgehead atoms. The molecule has 0 spiro atoms. The van der Waals surface area contributed by atoms with Crippen LogP contribution < -0.4 is 0 Å². The number of esters is 3. The summed E-state index contributed by atoms with van der Waals surface area (Å²) in [5.41, 5.74) is 0. The van der Waals surface area contributed by atoms with Crippen LogP contribution in [0.25, 0.3) is 0 Å². The second-order valence-electron chi connectivity index (χ2n) is 21.3. The van der Waals surface area contributed by atoms with E-state index in [-0.39, 0.29) is 31.1 Å². The van der Waals surface area contributed by atoms with Gasteiger partial charge in [0.1, 0.15) is 13.2 Å². The van der Waals surface area contributed by atoms with Crippen molar-refractivity contribution in [2.45, 2.75) is 361 Å². The maximum Gasteiger partial charge on any atom is 0.306 e. The van der Waals surface area contributed by atoms with E-state index in [0.29, 0.717) is 19.3 Å². The SMILES string of the molecule is CCCCCCCCCC/C=C\CCCCCCCCCCCCCCCCCCCC(=O)OCC(COC(=O)CCCCCCCCC)OC(=O)CCCCCCCCCCCCCCCCC. The standard InChI is InChI=1S/C63H120O6/c1-4-7-10-13-16-18-20-22-24-25-26-27-28-29-30-31-32-33-34-35-36-37-39-40-42-44-47-50-53-56-62(65)68-59-60(58-67-61(64)55-52-49-46-15-12-9-6-3)69-63(66)57-54-51-48-45-43-41-38-23-21-19-17-14-11-8-5-2/h25-26,60H,4-24,27-59H2,1-3H3/b26-25-. The van der Waals surface area contributed by atoms with Gasteiger partial charge in [-0.25, -0.2) is 0 Å². The minimum absolute atomic E-state index is 0.0636. The molecule has 0 rings (SSSR count). The fraction of sp³-hybridized carbons (Fsp3) is 0.921. The van der Waals surface area contributed by atoms with Crippen molar-refractivity contribution in [3.8, 4) is 0 Å². The molecule has 1 atom stereocenters. The van der Waals surface area contributed by atoms with Gasteiger partial charge < -0.3 is 14.2 Å². The van der Waals surface area contributed by atoms with Crippen LogP contribution in [0.2, 0.25) is 0 Å². The van der Waals surface area contributed by atoms with Crippen molar-refractivity contribution in [1.82, 2.24) is 0 Å². The lowest BCUT2D eigenvalue weighted by Crippen LogP contribution is -2.30. The first-order valence-corrected chi connectivity index (χ1v) is 31.2. The fourth-order valence-corrected chi connectivity index (χ4v) is 9.56. The Morgan fingerprint density at radius 2 is 0.478 bits per heavy atom. The Bertz CT molecular complexity index is 1070. The van der Waals surface area contributed by atoms with E-state index in [9.17, 15) is 14.4 Å². The van der Waals surface area contributed by atoms with Crippen LogP contribution >= 0.6 is 0 Å². The number of rotatable bonds is 58. The van der Waals surface area contributed by atoms with E-state index in [1.807, 2.05) is 0 Å². The van der Waals surface area contributed by atoms with Gasteiger partial charge in [0.15, 0.2) is 6.10 Å². The van der Waals surface area contributed by atoms with Crippen LogP contribution in [0.4, 0.5) is 0 Å². The number of hydrogen-bond acceptors (Lipinski definition) is 6. The van der Waals surface area contributed by atoms with Gasteiger partial charge in [-0.05, 0) is 44.9 Å². The Morgan fingerprint density at radius 1 is 0.275 bits per heavy atom. The monoisotopic (exact) mass is 973 g/mol. The molecule has 408 valence electrons. The molecule has 6 heteroatoms.